The summed E-state index contributed by atoms with van der Waals surface area (Å²) in [5.74, 6) is -2.35. The number of carbonyl (C=O) groups is 2. The van der Waals surface area contributed by atoms with Crippen LogP contribution in [0.5, 0.6) is 0 Å². The lowest BCUT2D eigenvalue weighted by atomic mass is 10.1. The van der Waals surface area contributed by atoms with Crippen molar-refractivity contribution in [1.82, 2.24) is 4.90 Å². The summed E-state index contributed by atoms with van der Waals surface area (Å²) in [6, 6.07) is 8.62. The molecule has 1 aromatic rings. The van der Waals surface area contributed by atoms with Gasteiger partial charge >= 0.3 is 12.1 Å². The molecule has 4 nitrogen and oxygen atoms in total. The number of hydrogen-bond donors (Lipinski definition) is 1. The third-order valence-electron chi connectivity index (χ3n) is 3.40. The van der Waals surface area contributed by atoms with Gasteiger partial charge in [-0.2, -0.15) is 13.2 Å². The molecule has 23 heavy (non-hydrogen) atoms. The zero-order valence-electron chi connectivity index (χ0n) is 11.4. The molecule has 0 bridgehead atoms. The number of carbonyl (C=O) groups excluding carboxylic acids is 1. The van der Waals surface area contributed by atoms with E-state index in [2.05, 4.69) is 0 Å². The van der Waals surface area contributed by atoms with Crippen LogP contribution in [-0.2, 0) is 9.59 Å². The number of thioether (sulfide) groups is 2. The first-order valence-corrected chi connectivity index (χ1v) is 8.35. The van der Waals surface area contributed by atoms with E-state index >= 15 is 0 Å². The number of rotatable bonds is 3. The number of aliphatic carboxylic acids is 1. The lowest BCUT2D eigenvalue weighted by Crippen LogP contribution is -2.56. The number of alkyl halides is 3. The molecule has 0 saturated carbocycles. The average molecular weight is 361 g/mol. The summed E-state index contributed by atoms with van der Waals surface area (Å²) in [5.41, 5.74) is -2.11. The molecule has 2 atom stereocenters. The van der Waals surface area contributed by atoms with Gasteiger partial charge in [-0.1, -0.05) is 18.2 Å². The van der Waals surface area contributed by atoms with Gasteiger partial charge in [0.05, 0.1) is 21.9 Å². The van der Waals surface area contributed by atoms with Crippen LogP contribution in [0.3, 0.4) is 0 Å². The predicted octanol–water partition coefficient (Wildman–Crippen LogP) is 3.31. The molecular formula is C14H10F3NO3S2. The molecule has 0 spiro atoms. The van der Waals surface area contributed by atoms with Gasteiger partial charge in [0.2, 0.25) is 5.91 Å². The molecular weight excluding hydrogens is 351 g/mol. The third-order valence-corrected chi connectivity index (χ3v) is 6.19. The number of hydrogen-bond acceptors (Lipinski definition) is 4. The molecule has 2 aliphatic rings. The Morgan fingerprint density at radius 3 is 2.48 bits per heavy atom. The number of carboxylic acids is 1. The summed E-state index contributed by atoms with van der Waals surface area (Å²) >= 11 is 2.11. The van der Waals surface area contributed by atoms with Gasteiger partial charge in [0.25, 0.3) is 0 Å². The van der Waals surface area contributed by atoms with Crippen LogP contribution in [0.2, 0.25) is 0 Å². The average Bonchev–Trinajstić information content (AvgIpc) is 2.45. The standard InChI is InChI=1S/C14H10F3NO3S2/c15-14(16,17)11-10(12(20)21)13(22-7-4-2-1-3-5-7)23-9-6-8(19)18(9)11/h1-5,9,13H,6H2,(H,20,21)/t9-,13?/m1/s1. The monoisotopic (exact) mass is 361 g/mol. The Hall–Kier alpha value is -1.61. The molecule has 1 N–H and O–H groups in total. The fourth-order valence-corrected chi connectivity index (χ4v) is 5.47. The topological polar surface area (TPSA) is 57.6 Å². The van der Waals surface area contributed by atoms with Crippen molar-refractivity contribution in [2.45, 2.75) is 27.4 Å². The van der Waals surface area contributed by atoms with E-state index in [1.54, 1.807) is 30.3 Å². The Labute approximate surface area is 137 Å². The van der Waals surface area contributed by atoms with E-state index in [0.29, 0.717) is 9.80 Å². The van der Waals surface area contributed by atoms with E-state index in [0.717, 1.165) is 23.5 Å². The van der Waals surface area contributed by atoms with Gasteiger partial charge in [-0.3, -0.25) is 9.69 Å². The van der Waals surface area contributed by atoms with Crippen molar-refractivity contribution in [1.29, 1.82) is 0 Å². The lowest BCUT2D eigenvalue weighted by Gasteiger charge is -2.47. The van der Waals surface area contributed by atoms with Gasteiger partial charge < -0.3 is 5.11 Å². The number of β-lactam (4-membered cyclic amide) rings is 1. The number of carboxylic acid groups (broad SMARTS) is 1. The quantitative estimate of drug-likeness (QED) is 0.837. The second-order valence-corrected chi connectivity index (χ2v) is 7.65. The van der Waals surface area contributed by atoms with E-state index in [1.807, 2.05) is 0 Å². The maximum Gasteiger partial charge on any atom is 0.432 e. The van der Waals surface area contributed by atoms with Crippen LogP contribution in [0, 0.1) is 0 Å². The van der Waals surface area contributed by atoms with Crippen LogP contribution in [0.15, 0.2) is 46.5 Å². The van der Waals surface area contributed by atoms with Crippen LogP contribution >= 0.6 is 23.5 Å². The van der Waals surface area contributed by atoms with Crippen molar-refractivity contribution >= 4 is 35.4 Å². The molecule has 2 heterocycles. The SMILES string of the molecule is O=C(O)C1=C(C(F)(F)F)N2C(=O)C[C@H]2SC1Sc1ccccc1. The summed E-state index contributed by atoms with van der Waals surface area (Å²) in [6.07, 6.45) is -4.90. The van der Waals surface area contributed by atoms with Gasteiger partial charge in [0.1, 0.15) is 5.70 Å². The molecule has 0 aliphatic carbocycles. The maximum absolute atomic E-state index is 13.4. The Morgan fingerprint density at radius 2 is 1.96 bits per heavy atom. The minimum Gasteiger partial charge on any atom is -0.478 e. The van der Waals surface area contributed by atoms with Crippen LogP contribution < -0.4 is 0 Å². The summed E-state index contributed by atoms with van der Waals surface area (Å²) in [6.45, 7) is 0. The normalized spacial score (nSPS) is 24.3. The first-order chi connectivity index (χ1) is 10.8. The Bertz CT molecular complexity index is 690. The van der Waals surface area contributed by atoms with Crippen LogP contribution in [0.4, 0.5) is 13.2 Å². The molecule has 1 fully saturated rings. The van der Waals surface area contributed by atoms with Gasteiger partial charge in [-0.05, 0) is 12.1 Å². The molecule has 1 saturated heterocycles. The van der Waals surface area contributed by atoms with Crippen molar-refractivity contribution in [3.63, 3.8) is 0 Å². The molecule has 1 amide bonds. The van der Waals surface area contributed by atoms with E-state index in [-0.39, 0.29) is 6.42 Å². The minimum atomic E-state index is -4.89. The lowest BCUT2D eigenvalue weighted by molar-refractivity contribution is -0.155. The van der Waals surface area contributed by atoms with Crippen LogP contribution in [0.1, 0.15) is 6.42 Å². The molecule has 9 heteroatoms. The van der Waals surface area contributed by atoms with E-state index in [4.69, 9.17) is 0 Å². The van der Waals surface area contributed by atoms with E-state index in [9.17, 15) is 27.9 Å². The van der Waals surface area contributed by atoms with Gasteiger partial charge in [-0.25, -0.2) is 4.79 Å². The highest BCUT2D eigenvalue weighted by Gasteiger charge is 2.56. The zero-order chi connectivity index (χ0) is 16.8. The van der Waals surface area contributed by atoms with Crippen molar-refractivity contribution in [3.8, 4) is 0 Å². The first-order valence-electron chi connectivity index (χ1n) is 6.53. The molecule has 1 unspecified atom stereocenters. The Balaban J connectivity index is 2.05. The fourth-order valence-electron chi connectivity index (χ4n) is 2.42. The van der Waals surface area contributed by atoms with Crippen molar-refractivity contribution in [2.24, 2.45) is 0 Å². The third kappa shape index (κ3) is 2.94. The van der Waals surface area contributed by atoms with Crippen LogP contribution in [0.25, 0.3) is 0 Å². The number of halogens is 3. The van der Waals surface area contributed by atoms with Crippen molar-refractivity contribution < 1.29 is 27.9 Å². The summed E-state index contributed by atoms with van der Waals surface area (Å²) in [7, 11) is 0. The Morgan fingerprint density at radius 1 is 1.30 bits per heavy atom. The van der Waals surface area contributed by atoms with E-state index < -0.39 is 39.3 Å². The number of fused-ring (bicyclic) bond motifs is 1. The highest BCUT2D eigenvalue weighted by molar-refractivity contribution is 8.17. The second-order valence-electron chi connectivity index (χ2n) is 4.89. The number of benzene rings is 1. The largest absolute Gasteiger partial charge is 0.478 e. The van der Waals surface area contributed by atoms with Gasteiger partial charge in [-0.15, -0.1) is 23.5 Å². The smallest absolute Gasteiger partial charge is 0.432 e. The van der Waals surface area contributed by atoms with Crippen LogP contribution in [-0.4, -0.2) is 38.0 Å². The van der Waals surface area contributed by atoms with Gasteiger partial charge in [0, 0.05) is 4.90 Å². The molecule has 2 aliphatic heterocycles. The van der Waals surface area contributed by atoms with Gasteiger partial charge in [0.15, 0.2) is 0 Å². The zero-order valence-corrected chi connectivity index (χ0v) is 13.0. The molecule has 3 rings (SSSR count). The summed E-state index contributed by atoms with van der Waals surface area (Å²) in [5, 5.41) is 8.65. The second kappa shape index (κ2) is 5.79. The maximum atomic E-state index is 13.4. The molecule has 122 valence electrons. The minimum absolute atomic E-state index is 0.0109. The first kappa shape index (κ1) is 16.3. The fraction of sp³-hybridized carbons (Fsp3) is 0.286. The predicted molar refractivity (Wildman–Crippen MR) is 79.6 cm³/mol. The number of amides is 1. The number of allylic oxidation sites excluding steroid dienone is 1. The molecule has 0 radical (unpaired) electrons. The molecule has 0 aromatic heterocycles. The Kier molecular flexibility index (Phi) is 4.09. The highest BCUT2D eigenvalue weighted by Crippen LogP contribution is 2.52. The molecule has 1 aromatic carbocycles. The van der Waals surface area contributed by atoms with E-state index in [1.165, 1.54) is 0 Å². The van der Waals surface area contributed by atoms with Crippen molar-refractivity contribution in [2.75, 3.05) is 0 Å². The highest BCUT2D eigenvalue weighted by atomic mass is 32.2. The number of nitrogens with zero attached hydrogens (tertiary/aromatic N) is 1. The van der Waals surface area contributed by atoms with Crippen molar-refractivity contribution in [3.05, 3.63) is 41.6 Å². The summed E-state index contributed by atoms with van der Waals surface area (Å²) < 4.78 is 39.2. The summed E-state index contributed by atoms with van der Waals surface area (Å²) in [4.78, 5) is 24.2.